The van der Waals surface area contributed by atoms with E-state index in [0.29, 0.717) is 0 Å². The van der Waals surface area contributed by atoms with Crippen LogP contribution in [0.3, 0.4) is 0 Å². The predicted molar refractivity (Wildman–Crippen MR) is 65.2 cm³/mol. The molecule has 2 aromatic heterocycles. The number of aromatic nitrogens is 4. The van der Waals surface area contributed by atoms with Crippen molar-refractivity contribution in [3.8, 4) is 0 Å². The van der Waals surface area contributed by atoms with Crippen molar-refractivity contribution in [2.24, 2.45) is 0 Å². The van der Waals surface area contributed by atoms with Crippen LogP contribution in [0.15, 0.2) is 18.5 Å². The second-order valence-corrected chi connectivity index (χ2v) is 4.28. The zero-order valence-electron chi connectivity index (χ0n) is 10.5. The van der Waals surface area contributed by atoms with Crippen LogP contribution in [-0.4, -0.2) is 20.4 Å². The van der Waals surface area contributed by atoms with Gasteiger partial charge in [-0.1, -0.05) is 34.6 Å². The zero-order valence-corrected chi connectivity index (χ0v) is 10.5. The highest BCUT2D eigenvalue weighted by molar-refractivity contribution is 5.79. The number of pyridine rings is 1. The van der Waals surface area contributed by atoms with Crippen LogP contribution in [-0.2, 0) is 5.41 Å². The quantitative estimate of drug-likeness (QED) is 0.682. The molecule has 0 saturated carbocycles. The standard InChI is InChI=1S/C10H12N4.C2H6/c1-10(2,3)9-7-6-11-5-4-8(7)12-14-13-9;1-2/h4-6H,1-3H3;1-2H3. The third-order valence-electron chi connectivity index (χ3n) is 2.06. The first-order chi connectivity index (χ1) is 7.59. The van der Waals surface area contributed by atoms with E-state index in [-0.39, 0.29) is 5.41 Å². The van der Waals surface area contributed by atoms with Crippen molar-refractivity contribution in [3.63, 3.8) is 0 Å². The van der Waals surface area contributed by atoms with Gasteiger partial charge in [0.15, 0.2) is 0 Å². The lowest BCUT2D eigenvalue weighted by atomic mass is 9.90. The van der Waals surface area contributed by atoms with E-state index in [2.05, 4.69) is 41.2 Å². The highest BCUT2D eigenvalue weighted by Gasteiger charge is 2.19. The Morgan fingerprint density at radius 2 is 1.75 bits per heavy atom. The van der Waals surface area contributed by atoms with Gasteiger partial charge in [0.05, 0.1) is 11.2 Å². The monoisotopic (exact) mass is 218 g/mol. The molecule has 16 heavy (non-hydrogen) atoms. The minimum absolute atomic E-state index is 0.0305. The molecule has 2 rings (SSSR count). The fraction of sp³-hybridized carbons (Fsp3) is 0.500. The summed E-state index contributed by atoms with van der Waals surface area (Å²) in [6.45, 7) is 10.3. The van der Waals surface area contributed by atoms with Crippen LogP contribution in [0, 0.1) is 0 Å². The SMILES string of the molecule is CC.CC(C)(C)c1nnnc2ccncc12. The molecule has 2 aromatic rings. The molecule has 2 heterocycles. The predicted octanol–water partition coefficient (Wildman–Crippen LogP) is 2.74. The van der Waals surface area contributed by atoms with Crippen LogP contribution in [0.2, 0.25) is 0 Å². The summed E-state index contributed by atoms with van der Waals surface area (Å²) in [6, 6.07) is 1.85. The maximum atomic E-state index is 4.08. The van der Waals surface area contributed by atoms with E-state index >= 15 is 0 Å². The van der Waals surface area contributed by atoms with Crippen LogP contribution in [0.5, 0.6) is 0 Å². The van der Waals surface area contributed by atoms with Gasteiger partial charge >= 0.3 is 0 Å². The van der Waals surface area contributed by atoms with Gasteiger partial charge in [-0.05, 0) is 11.3 Å². The minimum atomic E-state index is -0.0305. The average Bonchev–Trinajstić information content (AvgIpc) is 2.30. The molecule has 0 fully saturated rings. The lowest BCUT2D eigenvalue weighted by molar-refractivity contribution is 0.559. The van der Waals surface area contributed by atoms with E-state index < -0.39 is 0 Å². The summed E-state index contributed by atoms with van der Waals surface area (Å²) in [5.41, 5.74) is 1.76. The van der Waals surface area contributed by atoms with Crippen molar-refractivity contribution in [2.45, 2.75) is 40.0 Å². The molecule has 4 heteroatoms. The third kappa shape index (κ3) is 2.51. The van der Waals surface area contributed by atoms with Crippen molar-refractivity contribution < 1.29 is 0 Å². The van der Waals surface area contributed by atoms with Gasteiger partial charge in [0.1, 0.15) is 0 Å². The van der Waals surface area contributed by atoms with Crippen molar-refractivity contribution in [3.05, 3.63) is 24.2 Å². The van der Waals surface area contributed by atoms with E-state index in [1.165, 1.54) is 0 Å². The lowest BCUT2D eigenvalue weighted by Gasteiger charge is -2.17. The Balaban J connectivity index is 0.000000606. The van der Waals surface area contributed by atoms with Crippen LogP contribution in [0.4, 0.5) is 0 Å². The van der Waals surface area contributed by atoms with Crippen molar-refractivity contribution in [1.29, 1.82) is 0 Å². The molecular weight excluding hydrogens is 200 g/mol. The molecule has 0 aliphatic heterocycles. The van der Waals surface area contributed by atoms with Gasteiger partial charge in [-0.15, -0.1) is 10.2 Å². The molecule has 4 nitrogen and oxygen atoms in total. The van der Waals surface area contributed by atoms with Gasteiger partial charge in [0, 0.05) is 23.2 Å². The smallest absolute Gasteiger partial charge is 0.0997 e. The van der Waals surface area contributed by atoms with E-state index in [0.717, 1.165) is 16.6 Å². The maximum absolute atomic E-state index is 4.08. The van der Waals surface area contributed by atoms with E-state index in [1.54, 1.807) is 12.4 Å². The molecule has 0 spiro atoms. The van der Waals surface area contributed by atoms with Crippen LogP contribution in [0.25, 0.3) is 10.9 Å². The molecular formula is C12H18N4. The van der Waals surface area contributed by atoms with Crippen molar-refractivity contribution >= 4 is 10.9 Å². The van der Waals surface area contributed by atoms with E-state index in [9.17, 15) is 0 Å². The lowest BCUT2D eigenvalue weighted by Crippen LogP contribution is -2.15. The minimum Gasteiger partial charge on any atom is -0.264 e. The highest BCUT2D eigenvalue weighted by Crippen LogP contribution is 2.25. The average molecular weight is 218 g/mol. The molecule has 0 radical (unpaired) electrons. The summed E-state index contributed by atoms with van der Waals surface area (Å²) in [5.74, 6) is 0. The normalized spacial score (nSPS) is 10.8. The number of fused-ring (bicyclic) bond motifs is 1. The number of nitrogens with zero attached hydrogens (tertiary/aromatic N) is 4. The summed E-state index contributed by atoms with van der Waals surface area (Å²) in [6.07, 6.45) is 3.50. The van der Waals surface area contributed by atoms with Crippen LogP contribution < -0.4 is 0 Å². The Bertz CT molecular complexity index is 455. The Labute approximate surface area is 96.1 Å². The number of hydrogen-bond donors (Lipinski definition) is 0. The molecule has 0 bridgehead atoms. The topological polar surface area (TPSA) is 51.6 Å². The Morgan fingerprint density at radius 3 is 2.38 bits per heavy atom. The zero-order chi connectivity index (χ0) is 12.2. The van der Waals surface area contributed by atoms with Gasteiger partial charge < -0.3 is 0 Å². The highest BCUT2D eigenvalue weighted by atomic mass is 15.3. The van der Waals surface area contributed by atoms with Crippen LogP contribution in [0.1, 0.15) is 40.3 Å². The molecule has 0 atom stereocenters. The Hall–Kier alpha value is -1.58. The number of hydrogen-bond acceptors (Lipinski definition) is 4. The van der Waals surface area contributed by atoms with Gasteiger partial charge in [-0.3, -0.25) is 4.98 Å². The van der Waals surface area contributed by atoms with Gasteiger partial charge in [-0.25, -0.2) is 0 Å². The maximum Gasteiger partial charge on any atom is 0.0997 e. The summed E-state index contributed by atoms with van der Waals surface area (Å²) in [4.78, 5) is 4.08. The second kappa shape index (κ2) is 4.96. The fourth-order valence-corrected chi connectivity index (χ4v) is 1.38. The first-order valence-corrected chi connectivity index (χ1v) is 5.52. The second-order valence-electron chi connectivity index (χ2n) is 4.28. The molecule has 86 valence electrons. The first-order valence-electron chi connectivity index (χ1n) is 5.52. The molecule has 0 aromatic carbocycles. The fourth-order valence-electron chi connectivity index (χ4n) is 1.38. The largest absolute Gasteiger partial charge is 0.264 e. The molecule has 0 aliphatic carbocycles. The van der Waals surface area contributed by atoms with Gasteiger partial charge in [-0.2, -0.15) is 0 Å². The molecule has 0 amide bonds. The van der Waals surface area contributed by atoms with Gasteiger partial charge in [0.25, 0.3) is 0 Å². The first kappa shape index (κ1) is 12.5. The number of rotatable bonds is 0. The summed E-state index contributed by atoms with van der Waals surface area (Å²) in [7, 11) is 0. The van der Waals surface area contributed by atoms with Crippen LogP contribution >= 0.6 is 0 Å². The summed E-state index contributed by atoms with van der Waals surface area (Å²) >= 11 is 0. The summed E-state index contributed by atoms with van der Waals surface area (Å²) in [5, 5.41) is 12.8. The third-order valence-corrected chi connectivity index (χ3v) is 2.06. The van der Waals surface area contributed by atoms with E-state index in [1.807, 2.05) is 19.9 Å². The Morgan fingerprint density at radius 1 is 1.06 bits per heavy atom. The van der Waals surface area contributed by atoms with Crippen molar-refractivity contribution in [1.82, 2.24) is 20.4 Å². The molecule has 0 unspecified atom stereocenters. The molecule has 0 N–H and O–H groups in total. The Kier molecular flexibility index (Phi) is 3.88. The van der Waals surface area contributed by atoms with E-state index in [4.69, 9.17) is 0 Å². The molecule has 0 aliphatic rings. The van der Waals surface area contributed by atoms with Gasteiger partial charge in [0.2, 0.25) is 0 Å². The van der Waals surface area contributed by atoms with Crippen molar-refractivity contribution in [2.75, 3.05) is 0 Å². The summed E-state index contributed by atoms with van der Waals surface area (Å²) < 4.78 is 0. The molecule has 0 saturated heterocycles.